The quantitative estimate of drug-likeness (QED) is 0.750. The van der Waals surface area contributed by atoms with Gasteiger partial charge in [0.25, 0.3) is 5.91 Å². The Labute approximate surface area is 122 Å². The van der Waals surface area contributed by atoms with E-state index in [9.17, 15) is 10.1 Å². The number of carbonyl (C=O) groups excluding carboxylic acids is 1. The van der Waals surface area contributed by atoms with Crippen LogP contribution in [0.15, 0.2) is 48.7 Å². The van der Waals surface area contributed by atoms with Gasteiger partial charge in [-0.25, -0.2) is 0 Å². The van der Waals surface area contributed by atoms with Crippen molar-refractivity contribution in [1.29, 1.82) is 5.26 Å². The summed E-state index contributed by atoms with van der Waals surface area (Å²) in [5, 5.41) is 13.0. The van der Waals surface area contributed by atoms with E-state index in [1.54, 1.807) is 18.3 Å². The molecule has 4 heteroatoms. The van der Waals surface area contributed by atoms with Gasteiger partial charge >= 0.3 is 0 Å². The molecule has 2 N–H and O–H groups in total. The van der Waals surface area contributed by atoms with Crippen LogP contribution < -0.4 is 5.32 Å². The number of nitriles is 1. The van der Waals surface area contributed by atoms with E-state index in [4.69, 9.17) is 0 Å². The highest BCUT2D eigenvalue weighted by Crippen LogP contribution is 2.21. The predicted molar refractivity (Wildman–Crippen MR) is 82.1 cm³/mol. The van der Waals surface area contributed by atoms with Gasteiger partial charge in [-0.05, 0) is 30.7 Å². The van der Waals surface area contributed by atoms with Crippen molar-refractivity contribution in [3.8, 4) is 6.07 Å². The zero-order valence-electron chi connectivity index (χ0n) is 11.5. The predicted octanol–water partition coefficient (Wildman–Crippen LogP) is 3.60. The second-order valence-corrected chi connectivity index (χ2v) is 4.81. The van der Waals surface area contributed by atoms with Crippen LogP contribution in [0, 0.1) is 18.3 Å². The number of hydrogen-bond donors (Lipinski definition) is 2. The summed E-state index contributed by atoms with van der Waals surface area (Å²) >= 11 is 0. The molecule has 0 fully saturated rings. The molecule has 0 radical (unpaired) electrons. The summed E-state index contributed by atoms with van der Waals surface area (Å²) in [6, 6.07) is 15.0. The van der Waals surface area contributed by atoms with Gasteiger partial charge in [-0.2, -0.15) is 5.26 Å². The lowest BCUT2D eigenvalue weighted by atomic mass is 10.1. The molecule has 4 nitrogen and oxygen atoms in total. The highest BCUT2D eigenvalue weighted by Gasteiger charge is 2.13. The van der Waals surface area contributed by atoms with Crippen LogP contribution in [0.2, 0.25) is 0 Å². The van der Waals surface area contributed by atoms with Crippen molar-refractivity contribution in [3.63, 3.8) is 0 Å². The number of H-pyrrole nitrogens is 1. The maximum atomic E-state index is 12.5. The van der Waals surface area contributed by atoms with Crippen LogP contribution in [0.25, 0.3) is 10.9 Å². The lowest BCUT2D eigenvalue weighted by Crippen LogP contribution is -2.13. The molecule has 21 heavy (non-hydrogen) atoms. The van der Waals surface area contributed by atoms with Crippen molar-refractivity contribution < 1.29 is 4.79 Å². The van der Waals surface area contributed by atoms with Gasteiger partial charge in [0, 0.05) is 11.6 Å². The van der Waals surface area contributed by atoms with Crippen LogP contribution in [0.3, 0.4) is 0 Å². The molecule has 0 aliphatic heterocycles. The van der Waals surface area contributed by atoms with E-state index in [0.29, 0.717) is 16.8 Å². The van der Waals surface area contributed by atoms with Crippen LogP contribution in [0.5, 0.6) is 0 Å². The van der Waals surface area contributed by atoms with Gasteiger partial charge in [0.15, 0.2) is 0 Å². The Morgan fingerprint density at radius 1 is 1.19 bits per heavy atom. The molecule has 0 spiro atoms. The zero-order chi connectivity index (χ0) is 14.8. The van der Waals surface area contributed by atoms with Crippen molar-refractivity contribution in [3.05, 3.63) is 65.4 Å². The van der Waals surface area contributed by atoms with Crippen molar-refractivity contribution in [2.24, 2.45) is 0 Å². The van der Waals surface area contributed by atoms with E-state index in [-0.39, 0.29) is 5.91 Å². The maximum Gasteiger partial charge on any atom is 0.257 e. The number of amides is 1. The second-order valence-electron chi connectivity index (χ2n) is 4.81. The minimum Gasteiger partial charge on any atom is -0.361 e. The lowest BCUT2D eigenvalue weighted by molar-refractivity contribution is 0.102. The molecule has 0 unspecified atom stereocenters. The number of aromatic nitrogens is 1. The Balaban J connectivity index is 2.00. The Morgan fingerprint density at radius 2 is 2.00 bits per heavy atom. The van der Waals surface area contributed by atoms with E-state index >= 15 is 0 Å². The number of hydrogen-bond acceptors (Lipinski definition) is 2. The number of benzene rings is 2. The van der Waals surface area contributed by atoms with E-state index in [2.05, 4.69) is 16.4 Å². The molecule has 1 amide bonds. The molecule has 0 atom stereocenters. The summed E-state index contributed by atoms with van der Waals surface area (Å²) in [5.74, 6) is -0.231. The van der Waals surface area contributed by atoms with E-state index in [0.717, 1.165) is 16.5 Å². The average molecular weight is 275 g/mol. The van der Waals surface area contributed by atoms with E-state index in [1.165, 1.54) is 0 Å². The molecule has 3 aromatic rings. The Bertz CT molecular complexity index is 871. The molecule has 0 aliphatic rings. The standard InChI is InChI=1S/C17H13N3O/c1-11-4-2-7-15(14(11)10-18)20-17(21)13-6-3-5-12-8-9-19-16(12)13/h2-9,19H,1H3,(H,20,21). The highest BCUT2D eigenvalue weighted by molar-refractivity contribution is 6.12. The number of aromatic amines is 1. The Morgan fingerprint density at radius 3 is 2.81 bits per heavy atom. The molecule has 0 bridgehead atoms. The monoisotopic (exact) mass is 275 g/mol. The molecular formula is C17H13N3O. The summed E-state index contributed by atoms with van der Waals surface area (Å²) in [6.45, 7) is 1.85. The molecule has 1 heterocycles. The second kappa shape index (κ2) is 5.14. The Kier molecular flexibility index (Phi) is 3.17. The summed E-state index contributed by atoms with van der Waals surface area (Å²) in [7, 11) is 0. The number of nitrogens with zero attached hydrogens (tertiary/aromatic N) is 1. The van der Waals surface area contributed by atoms with Crippen LogP contribution in [0.4, 0.5) is 5.69 Å². The van der Waals surface area contributed by atoms with Gasteiger partial charge in [0.1, 0.15) is 6.07 Å². The van der Waals surface area contributed by atoms with Crippen LogP contribution in [-0.4, -0.2) is 10.9 Å². The van der Waals surface area contributed by atoms with Gasteiger partial charge in [-0.15, -0.1) is 0 Å². The average Bonchev–Trinajstić information content (AvgIpc) is 2.95. The minimum absolute atomic E-state index is 0.231. The number of aryl methyl sites for hydroxylation is 1. The lowest BCUT2D eigenvalue weighted by Gasteiger charge is -2.09. The minimum atomic E-state index is -0.231. The largest absolute Gasteiger partial charge is 0.361 e. The number of para-hydroxylation sites is 1. The summed E-state index contributed by atoms with van der Waals surface area (Å²) in [5.41, 5.74) is 3.22. The molecule has 102 valence electrons. The first kappa shape index (κ1) is 12.9. The first-order chi connectivity index (χ1) is 10.2. The van der Waals surface area contributed by atoms with Gasteiger partial charge < -0.3 is 10.3 Å². The molecular weight excluding hydrogens is 262 g/mol. The van der Waals surface area contributed by atoms with Gasteiger partial charge in [0.2, 0.25) is 0 Å². The zero-order valence-corrected chi connectivity index (χ0v) is 11.5. The molecule has 2 aromatic carbocycles. The summed E-state index contributed by atoms with van der Waals surface area (Å²) in [6.07, 6.45) is 1.80. The number of fused-ring (bicyclic) bond motifs is 1. The van der Waals surface area contributed by atoms with Crippen molar-refractivity contribution in [1.82, 2.24) is 4.98 Å². The van der Waals surface area contributed by atoms with Crippen LogP contribution >= 0.6 is 0 Å². The number of nitrogens with one attached hydrogen (secondary N) is 2. The molecule has 0 aliphatic carbocycles. The third-order valence-electron chi connectivity index (χ3n) is 3.46. The molecule has 0 saturated heterocycles. The topological polar surface area (TPSA) is 68.7 Å². The van der Waals surface area contributed by atoms with E-state index < -0.39 is 0 Å². The fraction of sp³-hybridized carbons (Fsp3) is 0.0588. The van der Waals surface area contributed by atoms with Gasteiger partial charge in [0.05, 0.1) is 22.3 Å². The number of carbonyl (C=O) groups is 1. The first-order valence-corrected chi connectivity index (χ1v) is 6.58. The molecule has 1 aromatic heterocycles. The third kappa shape index (κ3) is 2.26. The number of anilines is 1. The summed E-state index contributed by atoms with van der Waals surface area (Å²) < 4.78 is 0. The third-order valence-corrected chi connectivity index (χ3v) is 3.46. The molecule has 0 saturated carbocycles. The maximum absolute atomic E-state index is 12.5. The molecule has 3 rings (SSSR count). The van der Waals surface area contributed by atoms with Crippen LogP contribution in [0.1, 0.15) is 21.5 Å². The van der Waals surface area contributed by atoms with E-state index in [1.807, 2.05) is 37.3 Å². The van der Waals surface area contributed by atoms with Crippen molar-refractivity contribution in [2.75, 3.05) is 5.32 Å². The number of rotatable bonds is 2. The van der Waals surface area contributed by atoms with Gasteiger partial charge in [-0.3, -0.25) is 4.79 Å². The fourth-order valence-electron chi connectivity index (χ4n) is 2.38. The van der Waals surface area contributed by atoms with Crippen LogP contribution in [-0.2, 0) is 0 Å². The fourth-order valence-corrected chi connectivity index (χ4v) is 2.38. The summed E-state index contributed by atoms with van der Waals surface area (Å²) in [4.78, 5) is 15.5. The van der Waals surface area contributed by atoms with Crippen molar-refractivity contribution >= 4 is 22.5 Å². The van der Waals surface area contributed by atoms with Gasteiger partial charge in [-0.1, -0.05) is 24.3 Å². The smallest absolute Gasteiger partial charge is 0.257 e. The SMILES string of the molecule is Cc1cccc(NC(=O)c2cccc3cc[nH]c23)c1C#N. The Hall–Kier alpha value is -3.06. The van der Waals surface area contributed by atoms with Crippen molar-refractivity contribution in [2.45, 2.75) is 6.92 Å². The highest BCUT2D eigenvalue weighted by atomic mass is 16.1. The normalized spacial score (nSPS) is 10.3. The first-order valence-electron chi connectivity index (χ1n) is 6.58.